The zero-order chi connectivity index (χ0) is 10.2. The molecule has 0 aliphatic carbocycles. The first kappa shape index (κ1) is 10.6. The van der Waals surface area contributed by atoms with Crippen molar-refractivity contribution in [3.05, 3.63) is 22.7 Å². The molecular weight excluding hydrogens is 235 g/mol. The Hall–Kier alpha value is -0.450. The van der Waals surface area contributed by atoms with Gasteiger partial charge in [-0.2, -0.15) is 0 Å². The van der Waals surface area contributed by atoms with E-state index in [1.165, 1.54) is 19.1 Å². The van der Waals surface area contributed by atoms with E-state index < -0.39 is 14.8 Å². The largest absolute Gasteiger partial charge is 0.505 e. The van der Waals surface area contributed by atoms with Gasteiger partial charge in [0.25, 0.3) is 9.05 Å². The molecule has 0 amide bonds. The summed E-state index contributed by atoms with van der Waals surface area (Å²) in [5.41, 5.74) is 0.358. The lowest BCUT2D eigenvalue weighted by molar-refractivity contribution is 0.459. The summed E-state index contributed by atoms with van der Waals surface area (Å²) in [7, 11) is 1.15. The highest BCUT2D eigenvalue weighted by atomic mass is 35.7. The second-order valence-electron chi connectivity index (χ2n) is 2.48. The van der Waals surface area contributed by atoms with Crippen molar-refractivity contribution >= 4 is 31.3 Å². The first-order valence-corrected chi connectivity index (χ1v) is 5.95. The Labute approximate surface area is 85.3 Å². The fourth-order valence-electron chi connectivity index (χ4n) is 0.956. The molecule has 0 spiro atoms. The van der Waals surface area contributed by atoms with Crippen LogP contribution >= 0.6 is 22.3 Å². The van der Waals surface area contributed by atoms with E-state index in [9.17, 15) is 13.5 Å². The van der Waals surface area contributed by atoms with Crippen LogP contribution in [0, 0.1) is 6.92 Å². The summed E-state index contributed by atoms with van der Waals surface area (Å²) in [4.78, 5) is -0.332. The normalized spacial score (nSPS) is 11.6. The Balaban J connectivity index is 3.62. The van der Waals surface area contributed by atoms with Gasteiger partial charge in [0.05, 0.1) is 5.02 Å². The Morgan fingerprint density at radius 1 is 1.38 bits per heavy atom. The van der Waals surface area contributed by atoms with Crippen molar-refractivity contribution in [2.45, 2.75) is 11.8 Å². The predicted molar refractivity (Wildman–Crippen MR) is 50.9 cm³/mol. The van der Waals surface area contributed by atoms with Crippen molar-refractivity contribution in [3.8, 4) is 5.75 Å². The highest BCUT2D eigenvalue weighted by molar-refractivity contribution is 8.13. The van der Waals surface area contributed by atoms with E-state index in [4.69, 9.17) is 22.3 Å². The zero-order valence-corrected chi connectivity index (χ0v) is 8.91. The maximum atomic E-state index is 11.0. The summed E-state index contributed by atoms with van der Waals surface area (Å²) in [6, 6.07) is 2.87. The summed E-state index contributed by atoms with van der Waals surface area (Å²) in [5, 5.41) is 9.28. The van der Waals surface area contributed by atoms with E-state index >= 15 is 0 Å². The molecule has 1 rings (SSSR count). The van der Waals surface area contributed by atoms with Crippen LogP contribution in [0.15, 0.2) is 17.0 Å². The van der Waals surface area contributed by atoms with E-state index in [1.54, 1.807) is 0 Å². The molecule has 0 atom stereocenters. The first-order chi connectivity index (χ1) is 5.84. The van der Waals surface area contributed by atoms with Gasteiger partial charge < -0.3 is 5.11 Å². The number of halogens is 2. The smallest absolute Gasteiger partial charge is 0.265 e. The third-order valence-electron chi connectivity index (χ3n) is 1.52. The highest BCUT2D eigenvalue weighted by Gasteiger charge is 2.20. The van der Waals surface area contributed by atoms with Gasteiger partial charge in [-0.15, -0.1) is 0 Å². The van der Waals surface area contributed by atoms with Crippen LogP contribution < -0.4 is 0 Å². The second-order valence-corrected chi connectivity index (χ2v) is 5.39. The number of phenols is 1. The fraction of sp³-hybridized carbons (Fsp3) is 0.143. The number of benzene rings is 1. The average Bonchev–Trinajstić information content (AvgIpc) is 1.95. The number of aryl methyl sites for hydroxylation is 1. The van der Waals surface area contributed by atoms with Gasteiger partial charge in [0, 0.05) is 10.7 Å². The van der Waals surface area contributed by atoms with E-state index in [1.807, 2.05) is 0 Å². The molecule has 0 saturated heterocycles. The lowest BCUT2D eigenvalue weighted by Gasteiger charge is -2.05. The predicted octanol–water partition coefficient (Wildman–Crippen LogP) is 2.28. The number of aromatic hydroxyl groups is 1. The minimum atomic E-state index is -3.95. The van der Waals surface area contributed by atoms with Crippen molar-refractivity contribution in [2.24, 2.45) is 0 Å². The summed E-state index contributed by atoms with van der Waals surface area (Å²) in [6.45, 7) is 1.52. The number of rotatable bonds is 1. The lowest BCUT2D eigenvalue weighted by atomic mass is 10.2. The molecule has 1 aromatic carbocycles. The van der Waals surface area contributed by atoms with Gasteiger partial charge in [0.15, 0.2) is 5.75 Å². The van der Waals surface area contributed by atoms with Crippen LogP contribution in [0.4, 0.5) is 0 Å². The SMILES string of the molecule is Cc1ccc(Cl)c(O)c1S(=O)(=O)Cl. The van der Waals surface area contributed by atoms with Crippen LogP contribution in [0.2, 0.25) is 5.02 Å². The Morgan fingerprint density at radius 2 is 1.92 bits per heavy atom. The number of phenolic OH excluding ortho intramolecular Hbond substituents is 1. The van der Waals surface area contributed by atoms with Crippen LogP contribution in [-0.2, 0) is 9.05 Å². The molecule has 3 nitrogen and oxygen atoms in total. The van der Waals surface area contributed by atoms with Gasteiger partial charge in [0.1, 0.15) is 4.90 Å². The monoisotopic (exact) mass is 240 g/mol. The molecule has 0 heterocycles. The van der Waals surface area contributed by atoms with E-state index in [0.717, 1.165) is 0 Å². The molecule has 0 unspecified atom stereocenters. The molecule has 1 N–H and O–H groups in total. The van der Waals surface area contributed by atoms with Gasteiger partial charge in [-0.25, -0.2) is 8.42 Å². The van der Waals surface area contributed by atoms with Gasteiger partial charge in [-0.3, -0.25) is 0 Å². The third-order valence-corrected chi connectivity index (χ3v) is 3.29. The molecule has 0 aliphatic rings. The molecule has 0 radical (unpaired) electrons. The van der Waals surface area contributed by atoms with Gasteiger partial charge in [-0.05, 0) is 18.6 Å². The van der Waals surface area contributed by atoms with Gasteiger partial charge >= 0.3 is 0 Å². The van der Waals surface area contributed by atoms with Crippen LogP contribution in [0.1, 0.15) is 5.56 Å². The molecule has 0 bridgehead atoms. The Bertz CT molecular complexity index is 439. The van der Waals surface area contributed by atoms with E-state index in [0.29, 0.717) is 5.56 Å². The molecule has 72 valence electrons. The summed E-state index contributed by atoms with van der Waals surface area (Å²) < 4.78 is 21.9. The topological polar surface area (TPSA) is 54.4 Å². The molecular formula is C7H6Cl2O3S. The van der Waals surface area contributed by atoms with Crippen LogP contribution in [0.3, 0.4) is 0 Å². The van der Waals surface area contributed by atoms with Crippen molar-refractivity contribution in [3.63, 3.8) is 0 Å². The standard InChI is InChI=1S/C7H6Cl2O3S/c1-4-2-3-5(8)6(10)7(4)13(9,11)12/h2-3,10H,1H3. The Morgan fingerprint density at radius 3 is 2.31 bits per heavy atom. The lowest BCUT2D eigenvalue weighted by Crippen LogP contribution is -1.95. The molecule has 13 heavy (non-hydrogen) atoms. The van der Waals surface area contributed by atoms with E-state index in [-0.39, 0.29) is 9.92 Å². The fourth-order valence-corrected chi connectivity index (χ4v) is 2.55. The highest BCUT2D eigenvalue weighted by Crippen LogP contribution is 2.35. The molecule has 6 heteroatoms. The van der Waals surface area contributed by atoms with Gasteiger partial charge in [-0.1, -0.05) is 17.7 Å². The minimum absolute atomic E-state index is 0.0372. The average molecular weight is 241 g/mol. The van der Waals surface area contributed by atoms with Crippen LogP contribution in [-0.4, -0.2) is 13.5 Å². The van der Waals surface area contributed by atoms with Crippen molar-refractivity contribution < 1.29 is 13.5 Å². The van der Waals surface area contributed by atoms with Crippen molar-refractivity contribution in [1.29, 1.82) is 0 Å². The summed E-state index contributed by atoms with van der Waals surface area (Å²) in [5.74, 6) is -0.503. The molecule has 0 saturated carbocycles. The third kappa shape index (κ3) is 2.07. The Kier molecular flexibility index (Phi) is 2.75. The minimum Gasteiger partial charge on any atom is -0.505 e. The summed E-state index contributed by atoms with van der Waals surface area (Å²) in [6.07, 6.45) is 0. The van der Waals surface area contributed by atoms with Crippen molar-refractivity contribution in [2.75, 3.05) is 0 Å². The maximum Gasteiger partial charge on any atom is 0.265 e. The van der Waals surface area contributed by atoms with E-state index in [2.05, 4.69) is 0 Å². The zero-order valence-electron chi connectivity index (χ0n) is 6.58. The number of hydrogen-bond acceptors (Lipinski definition) is 3. The quantitative estimate of drug-likeness (QED) is 0.767. The molecule has 1 aromatic rings. The molecule has 0 aliphatic heterocycles. The molecule has 0 aromatic heterocycles. The second kappa shape index (κ2) is 3.36. The van der Waals surface area contributed by atoms with Crippen LogP contribution in [0.5, 0.6) is 5.75 Å². The number of hydrogen-bond donors (Lipinski definition) is 1. The summed E-state index contributed by atoms with van der Waals surface area (Å²) >= 11 is 5.52. The van der Waals surface area contributed by atoms with Crippen LogP contribution in [0.25, 0.3) is 0 Å². The first-order valence-electron chi connectivity index (χ1n) is 3.27. The molecule has 0 fully saturated rings. The van der Waals surface area contributed by atoms with Gasteiger partial charge in [0.2, 0.25) is 0 Å². The maximum absolute atomic E-state index is 11.0. The van der Waals surface area contributed by atoms with Crippen molar-refractivity contribution in [1.82, 2.24) is 0 Å².